The van der Waals surface area contributed by atoms with E-state index < -0.39 is 0 Å². The second-order valence-electron chi connectivity index (χ2n) is 3.60. The summed E-state index contributed by atoms with van der Waals surface area (Å²) >= 11 is 0. The van der Waals surface area contributed by atoms with Crippen molar-refractivity contribution in [2.75, 3.05) is 0 Å². The number of hydrogen-bond acceptors (Lipinski definition) is 0. The molecule has 1 heteroatoms. The molecule has 0 aliphatic rings. The Morgan fingerprint density at radius 3 is 2.33 bits per heavy atom. The van der Waals surface area contributed by atoms with E-state index in [4.69, 9.17) is 4.42 Å². The van der Waals surface area contributed by atoms with Crippen molar-refractivity contribution >= 4 is 0 Å². The molecule has 0 saturated heterocycles. The molecular formula is C14H15O+. The van der Waals surface area contributed by atoms with Crippen LogP contribution in [0.15, 0.2) is 46.9 Å². The highest BCUT2D eigenvalue weighted by atomic mass is 16.3. The van der Waals surface area contributed by atoms with E-state index in [-0.39, 0.29) is 0 Å². The van der Waals surface area contributed by atoms with Gasteiger partial charge in [0, 0.05) is 6.07 Å². The Balaban J connectivity index is 2.43. The van der Waals surface area contributed by atoms with Gasteiger partial charge in [-0.2, -0.15) is 0 Å². The van der Waals surface area contributed by atoms with Crippen LogP contribution < -0.4 is 0 Å². The maximum atomic E-state index is 5.79. The molecule has 0 amide bonds. The zero-order valence-electron chi connectivity index (χ0n) is 9.16. The van der Waals surface area contributed by atoms with E-state index in [0.717, 1.165) is 23.5 Å². The van der Waals surface area contributed by atoms with Gasteiger partial charge in [0.1, 0.15) is 0 Å². The van der Waals surface area contributed by atoms with Crippen molar-refractivity contribution < 1.29 is 4.42 Å². The fourth-order valence-corrected chi connectivity index (χ4v) is 1.68. The molecule has 0 aliphatic heterocycles. The van der Waals surface area contributed by atoms with Gasteiger partial charge in [-0.25, -0.2) is 4.42 Å². The van der Waals surface area contributed by atoms with E-state index >= 15 is 0 Å². The molecule has 1 aromatic heterocycles. The van der Waals surface area contributed by atoms with Crippen LogP contribution in [0.25, 0.3) is 11.3 Å². The lowest BCUT2D eigenvalue weighted by molar-refractivity contribution is 0.523. The quantitative estimate of drug-likeness (QED) is 0.663. The molecule has 0 atom stereocenters. The fraction of sp³-hybridized carbons (Fsp3) is 0.214. The van der Waals surface area contributed by atoms with Crippen LogP contribution >= 0.6 is 0 Å². The first-order valence-electron chi connectivity index (χ1n) is 5.29. The molecule has 0 N–H and O–H groups in total. The Labute approximate surface area is 90.4 Å². The molecule has 2 rings (SSSR count). The van der Waals surface area contributed by atoms with Crippen molar-refractivity contribution in [1.82, 2.24) is 0 Å². The monoisotopic (exact) mass is 199 g/mol. The molecule has 2 aromatic rings. The largest absolute Gasteiger partial charge is 0.360 e. The third kappa shape index (κ3) is 2.07. The predicted octanol–water partition coefficient (Wildman–Crippen LogP) is 4.10. The number of benzene rings is 1. The summed E-state index contributed by atoms with van der Waals surface area (Å²) in [6.07, 6.45) is 1.02. The Bertz CT molecular complexity index is 446. The van der Waals surface area contributed by atoms with E-state index in [1.165, 1.54) is 5.56 Å². The van der Waals surface area contributed by atoms with Crippen LogP contribution in [0.5, 0.6) is 0 Å². The van der Waals surface area contributed by atoms with Crippen molar-refractivity contribution in [3.05, 3.63) is 53.8 Å². The van der Waals surface area contributed by atoms with E-state index in [0.29, 0.717) is 0 Å². The van der Waals surface area contributed by atoms with Gasteiger partial charge in [0.15, 0.2) is 0 Å². The lowest BCUT2D eigenvalue weighted by atomic mass is 10.1. The average molecular weight is 199 g/mol. The molecule has 0 unspecified atom stereocenters. The Morgan fingerprint density at radius 2 is 1.73 bits per heavy atom. The van der Waals surface area contributed by atoms with Gasteiger partial charge in [-0.15, -0.1) is 0 Å². The van der Waals surface area contributed by atoms with Gasteiger partial charge >= 0.3 is 11.5 Å². The molecule has 0 radical (unpaired) electrons. The van der Waals surface area contributed by atoms with Gasteiger partial charge in [0.05, 0.1) is 18.1 Å². The first-order valence-corrected chi connectivity index (χ1v) is 5.29. The molecular weight excluding hydrogens is 184 g/mol. The van der Waals surface area contributed by atoms with Crippen LogP contribution in [0.2, 0.25) is 0 Å². The molecule has 1 aromatic carbocycles. The van der Waals surface area contributed by atoms with Crippen molar-refractivity contribution in [3.63, 3.8) is 0 Å². The van der Waals surface area contributed by atoms with E-state index in [1.807, 2.05) is 31.2 Å². The van der Waals surface area contributed by atoms with Crippen molar-refractivity contribution in [2.24, 2.45) is 0 Å². The van der Waals surface area contributed by atoms with Gasteiger partial charge < -0.3 is 0 Å². The second kappa shape index (κ2) is 4.26. The molecule has 1 heterocycles. The molecule has 0 saturated carbocycles. The van der Waals surface area contributed by atoms with Crippen LogP contribution in [0, 0.1) is 6.92 Å². The van der Waals surface area contributed by atoms with Gasteiger partial charge in [-0.05, 0) is 24.6 Å². The molecule has 76 valence electrons. The summed E-state index contributed by atoms with van der Waals surface area (Å²) in [6.45, 7) is 4.16. The third-order valence-electron chi connectivity index (χ3n) is 2.59. The van der Waals surface area contributed by atoms with Crippen LogP contribution in [0.1, 0.15) is 18.2 Å². The highest BCUT2D eigenvalue weighted by molar-refractivity contribution is 5.56. The maximum Gasteiger partial charge on any atom is 0.360 e. The Morgan fingerprint density at radius 1 is 1.00 bits per heavy atom. The van der Waals surface area contributed by atoms with Gasteiger partial charge in [-0.1, -0.05) is 25.1 Å². The minimum absolute atomic E-state index is 0.935. The van der Waals surface area contributed by atoms with Gasteiger partial charge in [-0.3, -0.25) is 0 Å². The average Bonchev–Trinajstić information content (AvgIpc) is 2.30. The summed E-state index contributed by atoms with van der Waals surface area (Å²) in [7, 11) is 0. The minimum atomic E-state index is 0.935. The summed E-state index contributed by atoms with van der Waals surface area (Å²) in [6, 6.07) is 14.4. The Hall–Kier alpha value is -1.63. The lowest BCUT2D eigenvalue weighted by Crippen LogP contribution is -1.87. The standard InChI is InChI=1S/C14H15O/c1-3-12-9-10-14(15-11(12)2)13-7-5-4-6-8-13/h4-10H,3H2,1-2H3/q+1. The molecule has 0 fully saturated rings. The highest BCUT2D eigenvalue weighted by Crippen LogP contribution is 2.22. The first kappa shape index (κ1) is 9.91. The van der Waals surface area contributed by atoms with E-state index in [9.17, 15) is 0 Å². The highest BCUT2D eigenvalue weighted by Gasteiger charge is 2.14. The molecule has 1 nitrogen and oxygen atoms in total. The molecule has 0 bridgehead atoms. The van der Waals surface area contributed by atoms with Crippen LogP contribution in [0.4, 0.5) is 0 Å². The SMILES string of the molecule is CCc1ccc(-c2ccccc2)[o+]c1C. The maximum absolute atomic E-state index is 5.79. The summed E-state index contributed by atoms with van der Waals surface area (Å²) in [4.78, 5) is 0. The Kier molecular flexibility index (Phi) is 2.82. The van der Waals surface area contributed by atoms with E-state index in [1.54, 1.807) is 0 Å². The second-order valence-corrected chi connectivity index (χ2v) is 3.60. The van der Waals surface area contributed by atoms with Gasteiger partial charge in [0.25, 0.3) is 0 Å². The van der Waals surface area contributed by atoms with E-state index in [2.05, 4.69) is 25.1 Å². The van der Waals surface area contributed by atoms with Crippen LogP contribution in [-0.2, 0) is 6.42 Å². The number of rotatable bonds is 2. The number of aryl methyl sites for hydroxylation is 2. The lowest BCUT2D eigenvalue weighted by Gasteiger charge is -1.94. The smallest absolute Gasteiger partial charge is 0.212 e. The normalized spacial score (nSPS) is 10.3. The number of hydrogen-bond donors (Lipinski definition) is 0. The summed E-state index contributed by atoms with van der Waals surface area (Å²) in [5, 5.41) is 0. The fourth-order valence-electron chi connectivity index (χ4n) is 1.68. The molecule has 0 aliphatic carbocycles. The van der Waals surface area contributed by atoms with Gasteiger partial charge in [0.2, 0.25) is 0 Å². The first-order chi connectivity index (χ1) is 7.31. The zero-order valence-corrected chi connectivity index (χ0v) is 9.16. The molecule has 15 heavy (non-hydrogen) atoms. The van der Waals surface area contributed by atoms with Crippen molar-refractivity contribution in [2.45, 2.75) is 20.3 Å². The van der Waals surface area contributed by atoms with Crippen molar-refractivity contribution in [1.29, 1.82) is 0 Å². The van der Waals surface area contributed by atoms with Crippen LogP contribution in [-0.4, -0.2) is 0 Å². The third-order valence-corrected chi connectivity index (χ3v) is 2.59. The minimum Gasteiger partial charge on any atom is -0.212 e. The summed E-state index contributed by atoms with van der Waals surface area (Å²) < 4.78 is 5.79. The zero-order chi connectivity index (χ0) is 10.7. The predicted molar refractivity (Wildman–Crippen MR) is 62.7 cm³/mol. The summed E-state index contributed by atoms with van der Waals surface area (Å²) in [5.74, 6) is 1.95. The summed E-state index contributed by atoms with van der Waals surface area (Å²) in [5.41, 5.74) is 2.40. The molecule has 0 spiro atoms. The van der Waals surface area contributed by atoms with Crippen LogP contribution in [0.3, 0.4) is 0 Å². The van der Waals surface area contributed by atoms with Crippen molar-refractivity contribution in [3.8, 4) is 11.3 Å². The topological polar surface area (TPSA) is 11.3 Å².